The molecule has 188 valence electrons. The molecule has 0 fully saturated rings. The minimum atomic E-state index is -0.700. The van der Waals surface area contributed by atoms with Crippen LogP contribution in [0.1, 0.15) is 43.9 Å². The summed E-state index contributed by atoms with van der Waals surface area (Å²) in [4.78, 5) is 11.5. The van der Waals surface area contributed by atoms with E-state index in [4.69, 9.17) is 5.10 Å². The second-order valence-corrected chi connectivity index (χ2v) is 9.66. The number of hydrogen-bond donors (Lipinski definition) is 0. The molecule has 0 bridgehead atoms. The van der Waals surface area contributed by atoms with Gasteiger partial charge in [0.05, 0.1) is 12.7 Å². The van der Waals surface area contributed by atoms with Gasteiger partial charge >= 0.3 is 0 Å². The second-order valence-electron chi connectivity index (χ2n) is 9.66. The number of fused-ring (bicyclic) bond motifs is 1. The molecular formula is C34H26N4O. The van der Waals surface area contributed by atoms with E-state index in [1.807, 2.05) is 58.8 Å². The summed E-state index contributed by atoms with van der Waals surface area (Å²) in [5, 5.41) is 15.8. The zero-order valence-corrected chi connectivity index (χ0v) is 21.5. The van der Waals surface area contributed by atoms with Crippen LogP contribution in [0.3, 0.4) is 0 Å². The number of nitrogens with zero attached hydrogens (tertiary/aromatic N) is 4. The molecule has 2 aromatic heterocycles. The van der Waals surface area contributed by atoms with Gasteiger partial charge in [0.15, 0.2) is 0 Å². The lowest BCUT2D eigenvalue weighted by Crippen LogP contribution is -2.38. The van der Waals surface area contributed by atoms with Crippen LogP contribution in [0.25, 0.3) is 10.9 Å². The summed E-state index contributed by atoms with van der Waals surface area (Å²) in [6, 6.07) is 39.2. The molecule has 0 aliphatic carbocycles. The number of rotatable bonds is 7. The van der Waals surface area contributed by atoms with Gasteiger partial charge in [0.25, 0.3) is 0 Å². The number of aryl methyl sites for hydroxylation is 1. The van der Waals surface area contributed by atoms with Gasteiger partial charge in [0, 0.05) is 28.2 Å². The van der Waals surface area contributed by atoms with Crippen LogP contribution in [0.4, 0.5) is 0 Å². The van der Waals surface area contributed by atoms with Crippen molar-refractivity contribution >= 4 is 17.2 Å². The van der Waals surface area contributed by atoms with Crippen LogP contribution < -0.4 is 0 Å². The first kappa shape index (κ1) is 24.1. The first-order valence-corrected chi connectivity index (χ1v) is 12.9. The highest BCUT2D eigenvalue weighted by atomic mass is 16.1. The second kappa shape index (κ2) is 9.92. The summed E-state index contributed by atoms with van der Waals surface area (Å²) in [5.74, 6) is 0. The Bertz CT molecular complexity index is 1710. The summed E-state index contributed by atoms with van der Waals surface area (Å²) < 4.78 is 4.03. The number of aromatic nitrogens is 3. The minimum absolute atomic E-state index is 0.473. The first-order chi connectivity index (χ1) is 19.2. The number of benzene rings is 4. The van der Waals surface area contributed by atoms with Crippen LogP contribution in [0.5, 0.6) is 0 Å². The van der Waals surface area contributed by atoms with E-state index in [1.165, 1.54) is 0 Å². The predicted molar refractivity (Wildman–Crippen MR) is 153 cm³/mol. The van der Waals surface area contributed by atoms with Crippen LogP contribution >= 0.6 is 0 Å². The normalized spacial score (nSPS) is 11.4. The Morgan fingerprint density at radius 2 is 1.41 bits per heavy atom. The molecular weight excluding hydrogens is 480 g/mol. The molecule has 5 nitrogen and oxygen atoms in total. The molecule has 0 unspecified atom stereocenters. The summed E-state index contributed by atoms with van der Waals surface area (Å²) in [6.07, 6.45) is 4.81. The van der Waals surface area contributed by atoms with Crippen molar-refractivity contribution < 1.29 is 4.79 Å². The Labute approximate surface area is 227 Å². The average molecular weight is 507 g/mol. The van der Waals surface area contributed by atoms with Crippen LogP contribution in [0.15, 0.2) is 122 Å². The maximum absolute atomic E-state index is 11.5. The van der Waals surface area contributed by atoms with Gasteiger partial charge in [0.2, 0.25) is 0 Å². The van der Waals surface area contributed by atoms with Crippen molar-refractivity contribution in [3.05, 3.63) is 161 Å². The van der Waals surface area contributed by atoms with Crippen molar-refractivity contribution in [1.82, 2.24) is 14.3 Å². The lowest BCUT2D eigenvalue weighted by Gasteiger charge is -2.36. The topological polar surface area (TPSA) is 63.6 Å². The van der Waals surface area contributed by atoms with Gasteiger partial charge < -0.3 is 4.57 Å². The SMILES string of the molecule is Cc1c(C=O)ccc2c1cc(C#N)n2Cc1cnn(C(c2ccccc2)(c2ccccc2)c2ccccc2)c1. The van der Waals surface area contributed by atoms with Crippen molar-refractivity contribution in [2.45, 2.75) is 19.0 Å². The van der Waals surface area contributed by atoms with Gasteiger partial charge in [-0.1, -0.05) is 91.0 Å². The van der Waals surface area contributed by atoms with E-state index in [1.54, 1.807) is 0 Å². The first-order valence-electron chi connectivity index (χ1n) is 12.9. The third-order valence-corrected chi connectivity index (χ3v) is 7.53. The minimum Gasteiger partial charge on any atom is -0.328 e. The number of aldehydes is 1. The molecule has 0 radical (unpaired) electrons. The Kier molecular flexibility index (Phi) is 6.14. The standard InChI is InChI=1S/C34H26N4O/c1-25-27(24-39)17-18-33-32(25)19-31(20-35)37(33)22-26-21-36-38(23-26)34(28-11-5-2-6-12-28,29-13-7-3-8-14-29)30-15-9-4-10-16-30/h2-19,21,23-24H,22H2,1H3. The average Bonchev–Trinajstić information content (AvgIpc) is 3.61. The maximum atomic E-state index is 11.5. The molecule has 0 saturated carbocycles. The summed E-state index contributed by atoms with van der Waals surface area (Å²) in [6.45, 7) is 2.39. The van der Waals surface area contributed by atoms with Crippen molar-refractivity contribution in [1.29, 1.82) is 5.26 Å². The van der Waals surface area contributed by atoms with E-state index in [0.717, 1.165) is 45.0 Å². The summed E-state index contributed by atoms with van der Waals surface area (Å²) >= 11 is 0. The Morgan fingerprint density at radius 1 is 0.846 bits per heavy atom. The lowest BCUT2D eigenvalue weighted by atomic mass is 9.77. The van der Waals surface area contributed by atoms with Crippen molar-refractivity contribution in [2.24, 2.45) is 0 Å². The molecule has 0 N–H and O–H groups in total. The van der Waals surface area contributed by atoms with E-state index in [9.17, 15) is 10.1 Å². The van der Waals surface area contributed by atoms with Crippen LogP contribution in [-0.2, 0) is 12.1 Å². The molecule has 5 heteroatoms. The van der Waals surface area contributed by atoms with Gasteiger partial charge in [-0.25, -0.2) is 0 Å². The fraction of sp³-hybridized carbons (Fsp3) is 0.0882. The van der Waals surface area contributed by atoms with Crippen molar-refractivity contribution in [2.75, 3.05) is 0 Å². The van der Waals surface area contributed by atoms with Gasteiger partial charge in [0.1, 0.15) is 23.6 Å². The molecule has 6 rings (SSSR count). The highest BCUT2D eigenvalue weighted by molar-refractivity contribution is 5.92. The van der Waals surface area contributed by atoms with Crippen LogP contribution in [0.2, 0.25) is 0 Å². The quantitative estimate of drug-likeness (QED) is 0.178. The third-order valence-electron chi connectivity index (χ3n) is 7.53. The Morgan fingerprint density at radius 3 is 1.92 bits per heavy atom. The monoisotopic (exact) mass is 506 g/mol. The highest BCUT2D eigenvalue weighted by Gasteiger charge is 2.39. The van der Waals surface area contributed by atoms with Crippen LogP contribution in [0, 0.1) is 18.3 Å². The highest BCUT2D eigenvalue weighted by Crippen LogP contribution is 2.40. The molecule has 6 aromatic rings. The fourth-order valence-corrected chi connectivity index (χ4v) is 5.63. The van der Waals surface area contributed by atoms with Gasteiger partial charge in [-0.2, -0.15) is 10.4 Å². The number of nitriles is 1. The van der Waals surface area contributed by atoms with Gasteiger partial charge in [-0.05, 0) is 47.4 Å². The van der Waals surface area contributed by atoms with E-state index < -0.39 is 5.54 Å². The molecule has 0 spiro atoms. The van der Waals surface area contributed by atoms with Crippen molar-refractivity contribution in [3.63, 3.8) is 0 Å². The molecule has 4 aromatic carbocycles. The number of carbonyl (C=O) groups is 1. The molecule has 0 amide bonds. The largest absolute Gasteiger partial charge is 0.328 e. The molecule has 0 aliphatic heterocycles. The van der Waals surface area contributed by atoms with Crippen molar-refractivity contribution in [3.8, 4) is 6.07 Å². The predicted octanol–water partition coefficient (Wildman–Crippen LogP) is 6.72. The maximum Gasteiger partial charge on any atom is 0.150 e. The van der Waals surface area contributed by atoms with Crippen LogP contribution in [-0.4, -0.2) is 20.6 Å². The molecule has 39 heavy (non-hydrogen) atoms. The smallest absolute Gasteiger partial charge is 0.150 e. The third kappa shape index (κ3) is 3.94. The van der Waals surface area contributed by atoms with E-state index in [0.29, 0.717) is 17.8 Å². The summed E-state index contributed by atoms with van der Waals surface area (Å²) in [5.41, 5.74) is 6.53. The zero-order chi connectivity index (χ0) is 26.8. The lowest BCUT2D eigenvalue weighted by molar-refractivity contribution is 0.112. The number of hydrogen-bond acceptors (Lipinski definition) is 3. The molecule has 0 aliphatic rings. The zero-order valence-electron chi connectivity index (χ0n) is 21.5. The van der Waals surface area contributed by atoms with Gasteiger partial charge in [-0.15, -0.1) is 0 Å². The van der Waals surface area contributed by atoms with E-state index >= 15 is 0 Å². The summed E-state index contributed by atoms with van der Waals surface area (Å²) in [7, 11) is 0. The molecule has 0 atom stereocenters. The Hall–Kier alpha value is -5.21. The van der Waals surface area contributed by atoms with Gasteiger partial charge in [-0.3, -0.25) is 9.48 Å². The molecule has 0 saturated heterocycles. The number of carbonyl (C=O) groups excluding carboxylic acids is 1. The Balaban J connectivity index is 1.54. The van der Waals surface area contributed by atoms with E-state index in [2.05, 4.69) is 85.1 Å². The van der Waals surface area contributed by atoms with E-state index in [-0.39, 0.29) is 0 Å². The fourth-order valence-electron chi connectivity index (χ4n) is 5.63. The molecule has 2 heterocycles.